The van der Waals surface area contributed by atoms with Gasteiger partial charge in [-0.05, 0) is 30.4 Å². The standard InChI is InChI=1S/C9H10.C4H4O4/c1-2-5-9-7-3-6-8(9)4-1;5-3-1-4(6)8-2-7-3/h1-2,4-5H,3,6-7H2;1-2H2. The number of benzene rings is 1. The van der Waals surface area contributed by atoms with Crippen LogP contribution < -0.4 is 0 Å². The first-order valence-electron chi connectivity index (χ1n) is 5.64. The second kappa shape index (κ2) is 5.48. The van der Waals surface area contributed by atoms with Crippen molar-refractivity contribution in [2.75, 3.05) is 6.79 Å². The van der Waals surface area contributed by atoms with Crippen molar-refractivity contribution in [3.63, 3.8) is 0 Å². The van der Waals surface area contributed by atoms with Crippen molar-refractivity contribution < 1.29 is 19.1 Å². The Bertz CT molecular complexity index is 388. The molecule has 0 spiro atoms. The van der Waals surface area contributed by atoms with Crippen LogP contribution in [0.25, 0.3) is 0 Å². The molecule has 1 aromatic carbocycles. The van der Waals surface area contributed by atoms with Crippen molar-refractivity contribution in [2.45, 2.75) is 25.7 Å². The summed E-state index contributed by atoms with van der Waals surface area (Å²) >= 11 is 0. The molecule has 17 heavy (non-hydrogen) atoms. The third-order valence-electron chi connectivity index (χ3n) is 2.74. The molecule has 1 heterocycles. The molecule has 1 aliphatic heterocycles. The first kappa shape index (κ1) is 11.6. The van der Waals surface area contributed by atoms with Gasteiger partial charge in [0.15, 0.2) is 0 Å². The van der Waals surface area contributed by atoms with Crippen molar-refractivity contribution in [1.82, 2.24) is 0 Å². The summed E-state index contributed by atoms with van der Waals surface area (Å²) in [4.78, 5) is 20.3. The minimum Gasteiger partial charge on any atom is -0.427 e. The van der Waals surface area contributed by atoms with Gasteiger partial charge < -0.3 is 9.47 Å². The van der Waals surface area contributed by atoms with E-state index < -0.39 is 11.9 Å². The molecule has 1 aromatic rings. The molecule has 90 valence electrons. The molecule has 4 heteroatoms. The second-order valence-corrected chi connectivity index (χ2v) is 3.95. The number of carbonyl (C=O) groups excluding carboxylic acids is 2. The van der Waals surface area contributed by atoms with Crippen molar-refractivity contribution in [1.29, 1.82) is 0 Å². The van der Waals surface area contributed by atoms with Gasteiger partial charge in [0, 0.05) is 0 Å². The third-order valence-corrected chi connectivity index (χ3v) is 2.74. The fourth-order valence-electron chi connectivity index (χ4n) is 1.90. The van der Waals surface area contributed by atoms with E-state index >= 15 is 0 Å². The molecular weight excluding hydrogens is 220 g/mol. The quantitative estimate of drug-likeness (QED) is 0.505. The summed E-state index contributed by atoms with van der Waals surface area (Å²) in [7, 11) is 0. The molecule has 1 aliphatic carbocycles. The average molecular weight is 234 g/mol. The Labute approximate surface area is 99.5 Å². The van der Waals surface area contributed by atoms with Crippen LogP contribution in [0.2, 0.25) is 0 Å². The highest BCUT2D eigenvalue weighted by Crippen LogP contribution is 2.20. The van der Waals surface area contributed by atoms with Gasteiger partial charge in [-0.25, -0.2) is 0 Å². The predicted octanol–water partition coefficient (Wildman–Crippen LogP) is 1.61. The van der Waals surface area contributed by atoms with Crippen LogP contribution in [0.15, 0.2) is 24.3 Å². The van der Waals surface area contributed by atoms with Gasteiger partial charge in [-0.1, -0.05) is 24.3 Å². The van der Waals surface area contributed by atoms with E-state index in [2.05, 4.69) is 33.7 Å². The zero-order valence-corrected chi connectivity index (χ0v) is 9.48. The van der Waals surface area contributed by atoms with Gasteiger partial charge in [0.2, 0.25) is 6.79 Å². The zero-order valence-electron chi connectivity index (χ0n) is 9.48. The van der Waals surface area contributed by atoms with Gasteiger partial charge in [-0.15, -0.1) is 0 Å². The van der Waals surface area contributed by atoms with E-state index in [9.17, 15) is 9.59 Å². The maximum Gasteiger partial charge on any atom is 0.320 e. The number of cyclic esters (lactones) is 2. The summed E-state index contributed by atoms with van der Waals surface area (Å²) in [6, 6.07) is 8.74. The van der Waals surface area contributed by atoms with Crippen molar-refractivity contribution >= 4 is 11.9 Å². The number of carbonyl (C=O) groups is 2. The molecule has 4 nitrogen and oxygen atoms in total. The van der Waals surface area contributed by atoms with Gasteiger partial charge in [-0.3, -0.25) is 9.59 Å². The second-order valence-electron chi connectivity index (χ2n) is 3.95. The number of aryl methyl sites for hydroxylation is 2. The number of rotatable bonds is 0. The first-order chi connectivity index (χ1) is 8.25. The third kappa shape index (κ3) is 3.31. The van der Waals surface area contributed by atoms with Crippen LogP contribution in [-0.4, -0.2) is 18.7 Å². The molecule has 0 aromatic heterocycles. The number of hydrogen-bond acceptors (Lipinski definition) is 4. The zero-order chi connectivity index (χ0) is 12.1. The average Bonchev–Trinajstić information content (AvgIpc) is 2.77. The van der Waals surface area contributed by atoms with Gasteiger partial charge in [-0.2, -0.15) is 0 Å². The summed E-state index contributed by atoms with van der Waals surface area (Å²) in [6.07, 6.45) is 3.71. The molecule has 2 aliphatic rings. The maximum absolute atomic E-state index is 10.2. The highest BCUT2D eigenvalue weighted by atomic mass is 16.7. The highest BCUT2D eigenvalue weighted by Gasteiger charge is 2.17. The van der Waals surface area contributed by atoms with E-state index in [4.69, 9.17) is 0 Å². The molecule has 3 rings (SSSR count). The lowest BCUT2D eigenvalue weighted by atomic mass is 10.1. The summed E-state index contributed by atoms with van der Waals surface area (Å²) in [5.41, 5.74) is 3.13. The summed E-state index contributed by atoms with van der Waals surface area (Å²) in [5, 5.41) is 0. The Morgan fingerprint density at radius 2 is 1.41 bits per heavy atom. The van der Waals surface area contributed by atoms with Gasteiger partial charge in [0.1, 0.15) is 6.42 Å². The fraction of sp³-hybridized carbons (Fsp3) is 0.385. The van der Waals surface area contributed by atoms with E-state index in [0.717, 1.165) is 0 Å². The minimum absolute atomic E-state index is 0.225. The monoisotopic (exact) mass is 234 g/mol. The molecular formula is C13H14O4. The molecule has 1 saturated heterocycles. The highest BCUT2D eigenvalue weighted by molar-refractivity contribution is 5.92. The van der Waals surface area contributed by atoms with E-state index in [-0.39, 0.29) is 13.2 Å². The fourth-order valence-corrected chi connectivity index (χ4v) is 1.90. The normalized spacial score (nSPS) is 17.4. The van der Waals surface area contributed by atoms with E-state index in [1.165, 1.54) is 19.3 Å². The molecule has 0 radical (unpaired) electrons. The maximum atomic E-state index is 10.2. The van der Waals surface area contributed by atoms with Gasteiger partial charge in [0.25, 0.3) is 0 Å². The minimum atomic E-state index is -0.513. The SMILES string of the molecule is O=C1CC(=O)OCO1.c1ccc2c(c1)CCC2. The number of ether oxygens (including phenoxy) is 2. The van der Waals surface area contributed by atoms with Crippen LogP contribution in [0.4, 0.5) is 0 Å². The lowest BCUT2D eigenvalue weighted by Gasteiger charge is -2.09. The van der Waals surface area contributed by atoms with Gasteiger partial charge in [0.05, 0.1) is 0 Å². The predicted molar refractivity (Wildman–Crippen MR) is 60.1 cm³/mol. The van der Waals surface area contributed by atoms with Crippen LogP contribution in [0, 0.1) is 0 Å². The smallest absolute Gasteiger partial charge is 0.320 e. The molecule has 0 atom stereocenters. The molecule has 0 unspecified atom stereocenters. The molecule has 0 N–H and O–H groups in total. The Kier molecular flexibility index (Phi) is 3.75. The number of hydrogen-bond donors (Lipinski definition) is 0. The lowest BCUT2D eigenvalue weighted by Crippen LogP contribution is -2.22. The number of esters is 2. The topological polar surface area (TPSA) is 52.6 Å². The Hall–Kier alpha value is -1.84. The molecule has 0 saturated carbocycles. The van der Waals surface area contributed by atoms with Crippen molar-refractivity contribution in [2.24, 2.45) is 0 Å². The van der Waals surface area contributed by atoms with E-state index in [1.54, 1.807) is 11.1 Å². The van der Waals surface area contributed by atoms with E-state index in [0.29, 0.717) is 0 Å². The van der Waals surface area contributed by atoms with Crippen LogP contribution >= 0.6 is 0 Å². The summed E-state index contributed by atoms with van der Waals surface area (Å²) in [5.74, 6) is -1.03. The Morgan fingerprint density at radius 1 is 0.882 bits per heavy atom. The largest absolute Gasteiger partial charge is 0.427 e. The first-order valence-corrected chi connectivity index (χ1v) is 5.64. The van der Waals surface area contributed by atoms with Crippen LogP contribution in [0.5, 0.6) is 0 Å². The van der Waals surface area contributed by atoms with Crippen LogP contribution in [-0.2, 0) is 31.9 Å². The van der Waals surface area contributed by atoms with Crippen LogP contribution in [0.1, 0.15) is 24.0 Å². The summed E-state index contributed by atoms with van der Waals surface area (Å²) in [6.45, 7) is -0.225. The lowest BCUT2D eigenvalue weighted by molar-refractivity contribution is -0.181. The van der Waals surface area contributed by atoms with Crippen molar-refractivity contribution in [3.05, 3.63) is 35.4 Å². The molecule has 0 bridgehead atoms. The van der Waals surface area contributed by atoms with Crippen LogP contribution in [0.3, 0.4) is 0 Å². The van der Waals surface area contributed by atoms with Crippen molar-refractivity contribution in [3.8, 4) is 0 Å². The Balaban J connectivity index is 0.000000128. The van der Waals surface area contributed by atoms with E-state index in [1.807, 2.05) is 0 Å². The Morgan fingerprint density at radius 3 is 1.82 bits per heavy atom. The molecule has 0 amide bonds. The summed E-state index contributed by atoms with van der Waals surface area (Å²) < 4.78 is 8.53. The van der Waals surface area contributed by atoms with Gasteiger partial charge >= 0.3 is 11.9 Å². The number of fused-ring (bicyclic) bond motifs is 1. The molecule has 1 fully saturated rings.